The van der Waals surface area contributed by atoms with Crippen LogP contribution in [0.15, 0.2) is 24.8 Å². The Balaban J connectivity index is 2.97. The van der Waals surface area contributed by atoms with Crippen LogP contribution in [0, 0.1) is 9.39 Å². The monoisotopic (exact) mass is 398 g/mol. The Morgan fingerprint density at radius 2 is 2.16 bits per heavy atom. The van der Waals surface area contributed by atoms with Crippen LogP contribution in [-0.2, 0) is 21.4 Å². The van der Waals surface area contributed by atoms with Crippen molar-refractivity contribution in [3.05, 3.63) is 39.7 Å². The van der Waals surface area contributed by atoms with Gasteiger partial charge in [0.05, 0.1) is 11.9 Å². The van der Waals surface area contributed by atoms with E-state index < -0.39 is 15.8 Å². The lowest BCUT2D eigenvalue weighted by atomic mass is 10.2. The molecule has 0 spiro atoms. The first-order chi connectivity index (χ1) is 8.73. The van der Waals surface area contributed by atoms with E-state index in [0.717, 1.165) is 12.3 Å². The zero-order chi connectivity index (χ0) is 14.6. The van der Waals surface area contributed by atoms with Crippen molar-refractivity contribution in [2.75, 3.05) is 11.0 Å². The number of anilines is 1. The van der Waals surface area contributed by atoms with Gasteiger partial charge in [-0.05, 0) is 46.4 Å². The average Bonchev–Trinajstić information content (AvgIpc) is 2.29. The van der Waals surface area contributed by atoms with Gasteiger partial charge < -0.3 is 5.32 Å². The number of rotatable bonds is 5. The maximum atomic E-state index is 13.8. The Morgan fingerprint density at radius 1 is 1.53 bits per heavy atom. The summed E-state index contributed by atoms with van der Waals surface area (Å²) in [6.07, 6.45) is 2.06. The van der Waals surface area contributed by atoms with Crippen LogP contribution < -0.4 is 10.0 Å². The summed E-state index contributed by atoms with van der Waals surface area (Å²) in [5.41, 5.74) is 0.429. The van der Waals surface area contributed by atoms with E-state index in [-0.39, 0.29) is 18.1 Å². The molecule has 1 aromatic rings. The van der Waals surface area contributed by atoms with E-state index in [9.17, 15) is 17.6 Å². The molecule has 0 aliphatic rings. The summed E-state index contributed by atoms with van der Waals surface area (Å²) in [5.74, 6) is -1.06. The maximum absolute atomic E-state index is 13.8. The first kappa shape index (κ1) is 15.9. The van der Waals surface area contributed by atoms with Gasteiger partial charge in [0, 0.05) is 10.1 Å². The van der Waals surface area contributed by atoms with Gasteiger partial charge in [0.1, 0.15) is 5.82 Å². The number of hydrogen-bond acceptors (Lipinski definition) is 3. The van der Waals surface area contributed by atoms with Crippen LogP contribution >= 0.6 is 22.6 Å². The molecule has 1 aromatic carbocycles. The maximum Gasteiger partial charge on any atom is 0.243 e. The Bertz CT molecular complexity index is 593. The molecule has 104 valence electrons. The predicted octanol–water partition coefficient (Wildman–Crippen LogP) is 1.60. The molecule has 0 bridgehead atoms. The lowest BCUT2D eigenvalue weighted by Gasteiger charge is -2.10. The van der Waals surface area contributed by atoms with Crippen LogP contribution in [0.5, 0.6) is 0 Å². The normalized spacial score (nSPS) is 10.9. The van der Waals surface area contributed by atoms with E-state index in [1.807, 2.05) is 22.6 Å². The summed E-state index contributed by atoms with van der Waals surface area (Å²) in [4.78, 5) is 11.0. The van der Waals surface area contributed by atoms with Crippen molar-refractivity contribution >= 4 is 44.2 Å². The van der Waals surface area contributed by atoms with Crippen molar-refractivity contribution in [2.45, 2.75) is 6.54 Å². The van der Waals surface area contributed by atoms with E-state index in [1.165, 1.54) is 6.07 Å². The zero-order valence-corrected chi connectivity index (χ0v) is 13.0. The summed E-state index contributed by atoms with van der Waals surface area (Å²) in [6, 6.07) is 2.75. The third kappa shape index (κ3) is 5.15. The highest BCUT2D eigenvalue weighted by atomic mass is 127. The molecule has 0 aliphatic carbocycles. The highest BCUT2D eigenvalue weighted by Gasteiger charge is 2.13. The molecule has 0 aliphatic heterocycles. The highest BCUT2D eigenvalue weighted by Crippen LogP contribution is 2.24. The van der Waals surface area contributed by atoms with Gasteiger partial charge in [0.15, 0.2) is 0 Å². The van der Waals surface area contributed by atoms with Crippen molar-refractivity contribution in [1.29, 1.82) is 0 Å². The summed E-state index contributed by atoms with van der Waals surface area (Å²) in [7, 11) is -3.54. The molecule has 0 unspecified atom stereocenters. The second-order valence-electron chi connectivity index (χ2n) is 3.73. The fourth-order valence-corrected chi connectivity index (χ4v) is 2.83. The van der Waals surface area contributed by atoms with Gasteiger partial charge in [-0.15, -0.1) is 0 Å². The second kappa shape index (κ2) is 6.33. The topological polar surface area (TPSA) is 75.3 Å². The Kier molecular flexibility index (Phi) is 5.29. The van der Waals surface area contributed by atoms with E-state index in [4.69, 9.17) is 0 Å². The molecule has 0 saturated carbocycles. The van der Waals surface area contributed by atoms with Crippen LogP contribution in [-0.4, -0.2) is 20.6 Å². The van der Waals surface area contributed by atoms with E-state index in [1.54, 1.807) is 6.07 Å². The Morgan fingerprint density at radius 3 is 2.63 bits per heavy atom. The van der Waals surface area contributed by atoms with Crippen LogP contribution in [0.4, 0.5) is 10.1 Å². The van der Waals surface area contributed by atoms with Gasteiger partial charge in [0.2, 0.25) is 15.9 Å². The number of carbonyl (C=O) groups excluding carboxylic acids is 1. The van der Waals surface area contributed by atoms with Crippen LogP contribution in [0.2, 0.25) is 0 Å². The lowest BCUT2D eigenvalue weighted by molar-refractivity contribution is -0.116. The molecule has 19 heavy (non-hydrogen) atoms. The average molecular weight is 398 g/mol. The molecule has 0 radical (unpaired) electrons. The molecule has 8 heteroatoms. The third-order valence-corrected chi connectivity index (χ3v) is 3.47. The number of benzene rings is 1. The van der Waals surface area contributed by atoms with Gasteiger partial charge in [-0.2, -0.15) is 0 Å². The standard InChI is InChI=1S/C11H12FIN2O3S/c1-3-10(16)14-6-7-4-8(12)11(9(13)5-7)15-19(2,17)18/h3-5,15H,1,6H2,2H3,(H,14,16). The molecule has 1 rings (SSSR count). The summed E-state index contributed by atoms with van der Waals surface area (Å²) >= 11 is 1.82. The second-order valence-corrected chi connectivity index (χ2v) is 6.64. The first-order valence-corrected chi connectivity index (χ1v) is 8.06. The quantitative estimate of drug-likeness (QED) is 0.585. The molecular formula is C11H12FIN2O3S. The van der Waals surface area contributed by atoms with E-state index >= 15 is 0 Å². The largest absolute Gasteiger partial charge is 0.348 e. The minimum absolute atomic E-state index is 0.0955. The molecule has 2 N–H and O–H groups in total. The fraction of sp³-hybridized carbons (Fsp3) is 0.182. The van der Waals surface area contributed by atoms with Crippen LogP contribution in [0.25, 0.3) is 0 Å². The predicted molar refractivity (Wildman–Crippen MR) is 79.6 cm³/mol. The van der Waals surface area contributed by atoms with Gasteiger partial charge in [-0.3, -0.25) is 9.52 Å². The van der Waals surface area contributed by atoms with Crippen molar-refractivity contribution in [3.8, 4) is 0 Å². The molecule has 1 amide bonds. The molecule has 0 atom stereocenters. The number of hydrogen-bond donors (Lipinski definition) is 2. The smallest absolute Gasteiger partial charge is 0.243 e. The molecule has 0 saturated heterocycles. The summed E-state index contributed by atoms with van der Waals surface area (Å²) < 4.78 is 38.5. The number of carbonyl (C=O) groups is 1. The molecule has 0 aromatic heterocycles. The first-order valence-electron chi connectivity index (χ1n) is 5.09. The van der Waals surface area contributed by atoms with Gasteiger partial charge >= 0.3 is 0 Å². The zero-order valence-electron chi connectivity index (χ0n) is 10.0. The number of sulfonamides is 1. The molecule has 0 fully saturated rings. The van der Waals surface area contributed by atoms with Gasteiger partial charge in [0.25, 0.3) is 0 Å². The Labute approximate surface area is 124 Å². The van der Waals surface area contributed by atoms with Crippen LogP contribution in [0.3, 0.4) is 0 Å². The molecule has 0 heterocycles. The third-order valence-electron chi connectivity index (χ3n) is 2.04. The van der Waals surface area contributed by atoms with Gasteiger partial charge in [-0.25, -0.2) is 12.8 Å². The molecule has 5 nitrogen and oxygen atoms in total. The van der Waals surface area contributed by atoms with Crippen LogP contribution in [0.1, 0.15) is 5.56 Å². The van der Waals surface area contributed by atoms with E-state index in [0.29, 0.717) is 9.13 Å². The summed E-state index contributed by atoms with van der Waals surface area (Å²) in [5, 5.41) is 2.51. The van der Waals surface area contributed by atoms with Crippen molar-refractivity contribution in [2.24, 2.45) is 0 Å². The van der Waals surface area contributed by atoms with E-state index in [2.05, 4.69) is 16.6 Å². The number of amides is 1. The minimum Gasteiger partial charge on any atom is -0.348 e. The Hall–Kier alpha value is -1.16. The summed E-state index contributed by atoms with van der Waals surface area (Å²) in [6.45, 7) is 3.43. The van der Waals surface area contributed by atoms with Crippen molar-refractivity contribution < 1.29 is 17.6 Å². The van der Waals surface area contributed by atoms with Gasteiger partial charge in [-0.1, -0.05) is 6.58 Å². The SMILES string of the molecule is C=CC(=O)NCc1cc(F)c(NS(C)(=O)=O)c(I)c1. The van der Waals surface area contributed by atoms with Crippen molar-refractivity contribution in [1.82, 2.24) is 5.32 Å². The van der Waals surface area contributed by atoms with Crippen molar-refractivity contribution in [3.63, 3.8) is 0 Å². The minimum atomic E-state index is -3.54. The lowest BCUT2D eigenvalue weighted by Crippen LogP contribution is -2.20. The molecular weight excluding hydrogens is 386 g/mol. The number of nitrogens with one attached hydrogen (secondary N) is 2. The highest BCUT2D eigenvalue weighted by molar-refractivity contribution is 14.1. The fourth-order valence-electron chi connectivity index (χ4n) is 1.27. The number of halogens is 2.